The lowest BCUT2D eigenvalue weighted by molar-refractivity contribution is 0.101. The summed E-state index contributed by atoms with van der Waals surface area (Å²) in [7, 11) is 1.91. The second-order valence-electron chi connectivity index (χ2n) is 8.01. The Hall–Kier alpha value is -3.29. The average Bonchev–Trinajstić information content (AvgIpc) is 3.35. The molecule has 0 aliphatic carbocycles. The molecule has 0 unspecified atom stereocenters. The van der Waals surface area contributed by atoms with Gasteiger partial charge in [0.25, 0.3) is 5.91 Å². The Morgan fingerprint density at radius 2 is 1.88 bits per heavy atom. The van der Waals surface area contributed by atoms with Crippen molar-refractivity contribution in [1.82, 2.24) is 9.88 Å². The van der Waals surface area contributed by atoms with E-state index >= 15 is 0 Å². The van der Waals surface area contributed by atoms with Gasteiger partial charge in [-0.05, 0) is 59.5 Å². The topological polar surface area (TPSA) is 64.5 Å². The molecule has 32 heavy (non-hydrogen) atoms. The number of thiophene rings is 1. The molecule has 7 heteroatoms. The number of hydrogen-bond donors (Lipinski definition) is 2. The van der Waals surface area contributed by atoms with E-state index in [1.165, 1.54) is 0 Å². The second kappa shape index (κ2) is 9.06. The lowest BCUT2D eigenvalue weighted by Crippen LogP contribution is -2.45. The van der Waals surface area contributed by atoms with Crippen LogP contribution in [0.2, 0.25) is 0 Å². The summed E-state index contributed by atoms with van der Waals surface area (Å²) in [5.41, 5.74) is 3.44. The van der Waals surface area contributed by atoms with Crippen LogP contribution in [0.5, 0.6) is 11.5 Å². The number of aromatic nitrogens is 1. The zero-order chi connectivity index (χ0) is 21.9. The van der Waals surface area contributed by atoms with Gasteiger partial charge in [0.2, 0.25) is 0 Å². The molecule has 4 aromatic rings. The van der Waals surface area contributed by atoms with Crippen LogP contribution in [0.25, 0.3) is 10.2 Å². The third-order valence-electron chi connectivity index (χ3n) is 5.66. The Morgan fingerprint density at radius 1 is 1.09 bits per heavy atom. The minimum Gasteiger partial charge on any atom is -0.493 e. The normalized spacial score (nSPS) is 13.7. The third kappa shape index (κ3) is 4.49. The predicted octanol–water partition coefficient (Wildman–Crippen LogP) is 4.67. The van der Waals surface area contributed by atoms with Gasteiger partial charge in [0.15, 0.2) is 0 Å². The molecule has 0 atom stereocenters. The molecule has 2 N–H and O–H groups in total. The number of ether oxygens (including phenoxy) is 2. The Kier molecular flexibility index (Phi) is 5.83. The summed E-state index contributed by atoms with van der Waals surface area (Å²) < 4.78 is 14.7. The highest BCUT2D eigenvalue weighted by atomic mass is 32.1. The number of hydrogen-bond acceptors (Lipinski definition) is 5. The lowest BCUT2D eigenvalue weighted by atomic mass is 10.1. The molecular formula is C25H25N3O3S. The smallest absolute Gasteiger partial charge is 0.272 e. The zero-order valence-corrected chi connectivity index (χ0v) is 18.7. The summed E-state index contributed by atoms with van der Waals surface area (Å²) in [6, 6.07) is 19.4. The molecule has 0 radical (unpaired) electrons. The van der Waals surface area contributed by atoms with Crippen molar-refractivity contribution >= 4 is 33.1 Å². The van der Waals surface area contributed by atoms with Crippen molar-refractivity contribution in [2.75, 3.05) is 25.0 Å². The molecule has 5 rings (SSSR count). The Balaban J connectivity index is 1.17. The fourth-order valence-corrected chi connectivity index (χ4v) is 4.53. The first-order valence-electron chi connectivity index (χ1n) is 10.7. The molecule has 0 spiro atoms. The number of nitrogens with one attached hydrogen (secondary N) is 2. The Morgan fingerprint density at radius 3 is 2.59 bits per heavy atom. The first kappa shape index (κ1) is 20.6. The summed E-state index contributed by atoms with van der Waals surface area (Å²) in [6.45, 7) is 3.22. The molecule has 164 valence electrons. The summed E-state index contributed by atoms with van der Waals surface area (Å²) >= 11 is 1.63. The number of carbonyl (C=O) groups excluding carboxylic acids is 1. The van der Waals surface area contributed by atoms with E-state index in [0.717, 1.165) is 52.7 Å². The van der Waals surface area contributed by atoms with Crippen molar-refractivity contribution in [1.29, 1.82) is 0 Å². The van der Waals surface area contributed by atoms with Crippen LogP contribution in [0.1, 0.15) is 16.1 Å². The first-order valence-corrected chi connectivity index (χ1v) is 11.5. The van der Waals surface area contributed by atoms with E-state index in [4.69, 9.17) is 9.47 Å². The van der Waals surface area contributed by atoms with Crippen molar-refractivity contribution in [3.8, 4) is 11.5 Å². The van der Waals surface area contributed by atoms with Crippen LogP contribution in [0.3, 0.4) is 0 Å². The molecule has 1 saturated heterocycles. The second-order valence-corrected chi connectivity index (χ2v) is 8.96. The van der Waals surface area contributed by atoms with E-state index in [1.807, 2.05) is 77.7 Å². The Labute approximate surface area is 190 Å². The highest BCUT2D eigenvalue weighted by Gasteiger charge is 2.17. The maximum Gasteiger partial charge on any atom is 0.272 e. The summed E-state index contributed by atoms with van der Waals surface area (Å²) in [5, 5.41) is 8.27. The molecular weight excluding hydrogens is 422 g/mol. The summed E-state index contributed by atoms with van der Waals surface area (Å²) in [5.74, 6) is 2.12. The van der Waals surface area contributed by atoms with E-state index in [-0.39, 0.29) is 5.91 Å². The number of fused-ring (bicyclic) bond motifs is 1. The number of rotatable bonds is 8. The predicted molar refractivity (Wildman–Crippen MR) is 128 cm³/mol. The number of aryl methyl sites for hydroxylation is 1. The molecule has 1 aliphatic rings. The van der Waals surface area contributed by atoms with Gasteiger partial charge < -0.3 is 24.7 Å². The molecule has 2 aromatic heterocycles. The molecule has 1 aliphatic heterocycles. The molecule has 2 aromatic carbocycles. The van der Waals surface area contributed by atoms with E-state index in [9.17, 15) is 4.79 Å². The molecule has 1 fully saturated rings. The monoisotopic (exact) mass is 447 g/mol. The van der Waals surface area contributed by atoms with Gasteiger partial charge in [-0.2, -0.15) is 0 Å². The minimum absolute atomic E-state index is 0.123. The van der Waals surface area contributed by atoms with Crippen LogP contribution >= 0.6 is 11.3 Å². The van der Waals surface area contributed by atoms with Gasteiger partial charge in [-0.15, -0.1) is 11.3 Å². The van der Waals surface area contributed by atoms with Gasteiger partial charge in [0.1, 0.15) is 23.8 Å². The van der Waals surface area contributed by atoms with Crippen LogP contribution in [-0.2, 0) is 13.7 Å². The SMILES string of the molecule is Cn1c(C(=O)Nc2cccc(COc3ccc(OCC4CNC4)cc3)c2)cc2sccc21. The lowest BCUT2D eigenvalue weighted by Gasteiger charge is -2.26. The van der Waals surface area contributed by atoms with Gasteiger partial charge in [-0.3, -0.25) is 4.79 Å². The van der Waals surface area contributed by atoms with Crippen LogP contribution < -0.4 is 20.1 Å². The molecule has 1 amide bonds. The van der Waals surface area contributed by atoms with Gasteiger partial charge in [-0.25, -0.2) is 0 Å². The van der Waals surface area contributed by atoms with Crippen LogP contribution in [-0.4, -0.2) is 30.2 Å². The molecule has 6 nitrogen and oxygen atoms in total. The highest BCUT2D eigenvalue weighted by Crippen LogP contribution is 2.25. The van der Waals surface area contributed by atoms with Crippen molar-refractivity contribution in [2.24, 2.45) is 13.0 Å². The molecule has 3 heterocycles. The van der Waals surface area contributed by atoms with Crippen molar-refractivity contribution in [2.45, 2.75) is 6.61 Å². The fourth-order valence-electron chi connectivity index (χ4n) is 3.68. The fraction of sp³-hybridized carbons (Fsp3) is 0.240. The standard InChI is InChI=1S/C25H25N3O3S/c1-28-22-9-10-32-24(22)12-23(28)25(29)27-19-4-2-3-17(11-19)15-30-20-5-7-21(8-6-20)31-16-18-13-26-14-18/h2-12,18,26H,13-16H2,1H3,(H,27,29). The van der Waals surface area contributed by atoms with E-state index < -0.39 is 0 Å². The molecule has 0 saturated carbocycles. The van der Waals surface area contributed by atoms with Crippen molar-refractivity contribution in [3.63, 3.8) is 0 Å². The summed E-state index contributed by atoms with van der Waals surface area (Å²) in [4.78, 5) is 12.8. The number of anilines is 1. The average molecular weight is 448 g/mol. The largest absolute Gasteiger partial charge is 0.493 e. The first-order chi connectivity index (χ1) is 15.7. The Bertz CT molecular complexity index is 1220. The van der Waals surface area contributed by atoms with Crippen LogP contribution in [0.4, 0.5) is 5.69 Å². The van der Waals surface area contributed by atoms with E-state index in [0.29, 0.717) is 18.2 Å². The maximum absolute atomic E-state index is 12.8. The summed E-state index contributed by atoms with van der Waals surface area (Å²) in [6.07, 6.45) is 0. The van der Waals surface area contributed by atoms with Gasteiger partial charge >= 0.3 is 0 Å². The van der Waals surface area contributed by atoms with Crippen LogP contribution in [0, 0.1) is 5.92 Å². The quantitative estimate of drug-likeness (QED) is 0.412. The van der Waals surface area contributed by atoms with E-state index in [2.05, 4.69) is 10.6 Å². The highest BCUT2D eigenvalue weighted by molar-refractivity contribution is 7.17. The minimum atomic E-state index is -0.123. The zero-order valence-electron chi connectivity index (χ0n) is 17.8. The van der Waals surface area contributed by atoms with Gasteiger partial charge in [-0.1, -0.05) is 12.1 Å². The van der Waals surface area contributed by atoms with Gasteiger partial charge in [0, 0.05) is 31.7 Å². The number of carbonyl (C=O) groups is 1. The van der Waals surface area contributed by atoms with Crippen molar-refractivity contribution < 1.29 is 14.3 Å². The van der Waals surface area contributed by atoms with Gasteiger partial charge in [0.05, 0.1) is 16.8 Å². The maximum atomic E-state index is 12.8. The molecule has 0 bridgehead atoms. The van der Waals surface area contributed by atoms with Crippen LogP contribution in [0.15, 0.2) is 66.0 Å². The van der Waals surface area contributed by atoms with E-state index in [1.54, 1.807) is 11.3 Å². The van der Waals surface area contributed by atoms with Crippen molar-refractivity contribution in [3.05, 3.63) is 77.3 Å². The third-order valence-corrected chi connectivity index (χ3v) is 6.52. The number of benzene rings is 2. The number of nitrogens with zero attached hydrogens (tertiary/aromatic N) is 1. The number of amides is 1.